The summed E-state index contributed by atoms with van der Waals surface area (Å²) in [5, 5.41) is 0. The van der Waals surface area contributed by atoms with Crippen LogP contribution in [0.25, 0.3) is 0 Å². The Morgan fingerprint density at radius 2 is 2.00 bits per heavy atom. The second kappa shape index (κ2) is 7.51. The van der Waals surface area contributed by atoms with E-state index in [0.717, 1.165) is 25.7 Å². The van der Waals surface area contributed by atoms with Gasteiger partial charge in [0.2, 0.25) is 5.91 Å². The summed E-state index contributed by atoms with van der Waals surface area (Å²) in [4.78, 5) is 14.1. The van der Waals surface area contributed by atoms with Crippen molar-refractivity contribution in [3.8, 4) is 0 Å². The van der Waals surface area contributed by atoms with Crippen molar-refractivity contribution in [3.63, 3.8) is 0 Å². The highest BCUT2D eigenvalue weighted by molar-refractivity contribution is 5.85. The van der Waals surface area contributed by atoms with Gasteiger partial charge in [-0.3, -0.25) is 4.79 Å². The number of nitrogens with two attached hydrogens (primary N) is 1. The van der Waals surface area contributed by atoms with Crippen LogP contribution in [0.2, 0.25) is 0 Å². The van der Waals surface area contributed by atoms with Gasteiger partial charge in [0.05, 0.1) is 0 Å². The quantitative estimate of drug-likeness (QED) is 0.926. The van der Waals surface area contributed by atoms with Gasteiger partial charge in [0, 0.05) is 25.6 Å². The van der Waals surface area contributed by atoms with E-state index in [9.17, 15) is 4.79 Å². The normalized spacial score (nSPS) is 22.4. The van der Waals surface area contributed by atoms with Crippen LogP contribution in [0.4, 0.5) is 0 Å². The summed E-state index contributed by atoms with van der Waals surface area (Å²) in [5.74, 6) is 0.372. The molecule has 1 aliphatic carbocycles. The van der Waals surface area contributed by atoms with E-state index in [4.69, 9.17) is 5.73 Å². The van der Waals surface area contributed by atoms with Crippen LogP contribution in [-0.4, -0.2) is 23.9 Å². The second-order valence-electron chi connectivity index (χ2n) is 5.30. The molecule has 1 aromatic rings. The first kappa shape index (κ1) is 16.0. The number of amides is 1. The largest absolute Gasteiger partial charge is 0.341 e. The molecule has 0 aromatic heterocycles. The molecule has 2 rings (SSSR count). The average molecular weight is 283 g/mol. The first-order valence-electron chi connectivity index (χ1n) is 6.71. The molecule has 1 amide bonds. The Hall–Kier alpha value is -1.06. The van der Waals surface area contributed by atoms with Crippen molar-refractivity contribution in [2.45, 2.75) is 38.3 Å². The number of hydrogen-bond donors (Lipinski definition) is 1. The summed E-state index contributed by atoms with van der Waals surface area (Å²) >= 11 is 0. The van der Waals surface area contributed by atoms with Crippen molar-refractivity contribution in [1.29, 1.82) is 0 Å². The molecule has 0 bridgehead atoms. The summed E-state index contributed by atoms with van der Waals surface area (Å²) in [6.07, 6.45) is 3.98. The molecule has 2 unspecified atom stereocenters. The molecule has 1 saturated carbocycles. The maximum absolute atomic E-state index is 12.3. The fourth-order valence-corrected chi connectivity index (χ4v) is 2.70. The molecule has 0 aliphatic heterocycles. The van der Waals surface area contributed by atoms with Crippen LogP contribution < -0.4 is 5.73 Å². The van der Waals surface area contributed by atoms with Crippen LogP contribution in [-0.2, 0) is 11.3 Å². The summed E-state index contributed by atoms with van der Waals surface area (Å²) in [6, 6.07) is 10.3. The SMILES string of the molecule is CN(Cc1ccccc1)C(=O)C1CCCC(N)C1.Cl. The van der Waals surface area contributed by atoms with E-state index >= 15 is 0 Å². The zero-order chi connectivity index (χ0) is 13.0. The van der Waals surface area contributed by atoms with Gasteiger partial charge in [-0.25, -0.2) is 0 Å². The van der Waals surface area contributed by atoms with Crippen molar-refractivity contribution >= 4 is 18.3 Å². The lowest BCUT2D eigenvalue weighted by molar-refractivity contribution is -0.135. The van der Waals surface area contributed by atoms with Gasteiger partial charge in [-0.1, -0.05) is 36.8 Å². The maximum Gasteiger partial charge on any atom is 0.225 e. The Labute approximate surface area is 121 Å². The summed E-state index contributed by atoms with van der Waals surface area (Å²) in [6.45, 7) is 0.686. The van der Waals surface area contributed by atoms with Crippen LogP contribution >= 0.6 is 12.4 Å². The van der Waals surface area contributed by atoms with Crippen molar-refractivity contribution < 1.29 is 4.79 Å². The molecule has 2 atom stereocenters. The third kappa shape index (κ3) is 4.51. The predicted molar refractivity (Wildman–Crippen MR) is 80.1 cm³/mol. The van der Waals surface area contributed by atoms with Gasteiger partial charge in [0.15, 0.2) is 0 Å². The van der Waals surface area contributed by atoms with E-state index in [-0.39, 0.29) is 30.3 Å². The molecule has 0 radical (unpaired) electrons. The van der Waals surface area contributed by atoms with Gasteiger partial charge < -0.3 is 10.6 Å². The smallest absolute Gasteiger partial charge is 0.225 e. The van der Waals surface area contributed by atoms with E-state index in [1.54, 1.807) is 0 Å². The van der Waals surface area contributed by atoms with Crippen LogP contribution in [0.15, 0.2) is 30.3 Å². The zero-order valence-corrected chi connectivity index (χ0v) is 12.2. The van der Waals surface area contributed by atoms with Crippen molar-refractivity contribution in [1.82, 2.24) is 4.90 Å². The number of benzene rings is 1. The molecule has 3 nitrogen and oxygen atoms in total. The highest BCUT2D eigenvalue weighted by Crippen LogP contribution is 2.25. The van der Waals surface area contributed by atoms with Gasteiger partial charge in [-0.05, 0) is 24.8 Å². The number of nitrogens with zero attached hydrogens (tertiary/aromatic N) is 1. The Bertz CT molecular complexity index is 396. The number of carbonyl (C=O) groups is 1. The van der Waals surface area contributed by atoms with Gasteiger partial charge >= 0.3 is 0 Å². The zero-order valence-electron chi connectivity index (χ0n) is 11.4. The van der Waals surface area contributed by atoms with E-state index < -0.39 is 0 Å². The van der Waals surface area contributed by atoms with E-state index in [2.05, 4.69) is 12.1 Å². The minimum atomic E-state index is 0. The first-order valence-corrected chi connectivity index (χ1v) is 6.71. The van der Waals surface area contributed by atoms with Gasteiger partial charge in [0.1, 0.15) is 0 Å². The Kier molecular flexibility index (Phi) is 6.32. The van der Waals surface area contributed by atoms with Crippen LogP contribution in [0.5, 0.6) is 0 Å². The second-order valence-corrected chi connectivity index (χ2v) is 5.30. The van der Waals surface area contributed by atoms with Gasteiger partial charge in [-0.15, -0.1) is 12.4 Å². The Morgan fingerprint density at radius 3 is 2.63 bits per heavy atom. The van der Waals surface area contributed by atoms with Gasteiger partial charge in [0.25, 0.3) is 0 Å². The average Bonchev–Trinajstić information content (AvgIpc) is 2.39. The van der Waals surface area contributed by atoms with Crippen molar-refractivity contribution in [2.24, 2.45) is 11.7 Å². The highest BCUT2D eigenvalue weighted by Gasteiger charge is 2.27. The third-order valence-electron chi connectivity index (χ3n) is 3.70. The fraction of sp³-hybridized carbons (Fsp3) is 0.533. The Balaban J connectivity index is 0.00000180. The van der Waals surface area contributed by atoms with E-state index in [0.29, 0.717) is 6.54 Å². The standard InChI is InChI=1S/C15H22N2O.ClH/c1-17(11-12-6-3-2-4-7-12)15(18)13-8-5-9-14(16)10-13;/h2-4,6-7,13-14H,5,8-11,16H2,1H3;1H. The van der Waals surface area contributed by atoms with Crippen LogP contribution in [0.1, 0.15) is 31.2 Å². The lowest BCUT2D eigenvalue weighted by Gasteiger charge is -2.29. The van der Waals surface area contributed by atoms with Gasteiger partial charge in [-0.2, -0.15) is 0 Å². The molecule has 106 valence electrons. The molecule has 0 spiro atoms. The molecule has 1 fully saturated rings. The number of halogens is 1. The van der Waals surface area contributed by atoms with E-state index in [1.807, 2.05) is 30.1 Å². The molecular weight excluding hydrogens is 260 g/mol. The first-order chi connectivity index (χ1) is 8.66. The van der Waals surface area contributed by atoms with E-state index in [1.165, 1.54) is 5.56 Å². The summed E-state index contributed by atoms with van der Waals surface area (Å²) in [7, 11) is 1.88. The topological polar surface area (TPSA) is 46.3 Å². The lowest BCUT2D eigenvalue weighted by atomic mass is 9.85. The van der Waals surface area contributed by atoms with Crippen molar-refractivity contribution in [2.75, 3.05) is 7.05 Å². The Morgan fingerprint density at radius 1 is 1.32 bits per heavy atom. The fourth-order valence-electron chi connectivity index (χ4n) is 2.70. The number of hydrogen-bond acceptors (Lipinski definition) is 2. The highest BCUT2D eigenvalue weighted by atomic mass is 35.5. The monoisotopic (exact) mass is 282 g/mol. The summed E-state index contributed by atoms with van der Waals surface area (Å²) < 4.78 is 0. The third-order valence-corrected chi connectivity index (χ3v) is 3.70. The maximum atomic E-state index is 12.3. The predicted octanol–water partition coefficient (Wildman–Crippen LogP) is 2.58. The van der Waals surface area contributed by atoms with Crippen LogP contribution in [0, 0.1) is 5.92 Å². The molecule has 0 heterocycles. The van der Waals surface area contributed by atoms with Crippen LogP contribution in [0.3, 0.4) is 0 Å². The number of carbonyl (C=O) groups excluding carboxylic acids is 1. The molecule has 4 heteroatoms. The van der Waals surface area contributed by atoms with Crippen molar-refractivity contribution in [3.05, 3.63) is 35.9 Å². The molecule has 19 heavy (non-hydrogen) atoms. The minimum Gasteiger partial charge on any atom is -0.341 e. The molecule has 1 aromatic carbocycles. The summed E-state index contributed by atoms with van der Waals surface area (Å²) in [5.41, 5.74) is 7.12. The molecule has 1 aliphatic rings. The molecular formula is C15H23ClN2O. The minimum absolute atomic E-state index is 0. The lowest BCUT2D eigenvalue weighted by Crippen LogP contribution is -2.38. The number of rotatable bonds is 3. The molecule has 2 N–H and O–H groups in total. The molecule has 0 saturated heterocycles.